The van der Waals surface area contributed by atoms with Crippen LogP contribution in [0.15, 0.2) is 24.3 Å². The number of amides is 1. The number of aromatic nitrogens is 1. The van der Waals surface area contributed by atoms with Crippen molar-refractivity contribution in [2.45, 2.75) is 20.4 Å². The van der Waals surface area contributed by atoms with Crippen LogP contribution in [0, 0.1) is 13.8 Å². The number of nitrogens with zero attached hydrogens (tertiary/aromatic N) is 1. The number of nitrogens with two attached hydrogens (primary N) is 1. The molecule has 0 spiro atoms. The summed E-state index contributed by atoms with van der Waals surface area (Å²) in [6, 6.07) is 7.10. The average molecular weight is 292 g/mol. The number of aryl methyl sites for hydroxylation is 1. The Labute approximate surface area is 123 Å². The summed E-state index contributed by atoms with van der Waals surface area (Å²) in [5.74, 6) is -0.462. The molecule has 0 aliphatic rings. The van der Waals surface area contributed by atoms with E-state index in [1.165, 1.54) is 17.0 Å². The lowest BCUT2D eigenvalue weighted by Crippen LogP contribution is -2.11. The minimum atomic E-state index is -0.462. The van der Waals surface area contributed by atoms with Gasteiger partial charge in [-0.2, -0.15) is 0 Å². The van der Waals surface area contributed by atoms with E-state index in [2.05, 4.69) is 29.8 Å². The Hall–Kier alpha value is -1.94. The molecule has 0 aliphatic carbocycles. The van der Waals surface area contributed by atoms with Gasteiger partial charge in [0.15, 0.2) is 0 Å². The zero-order chi connectivity index (χ0) is 14.9. The minimum absolute atomic E-state index is 0.442. The van der Waals surface area contributed by atoms with Gasteiger partial charge in [0, 0.05) is 30.5 Å². The number of carbonyl (C=O) groups is 1. The van der Waals surface area contributed by atoms with E-state index in [1.807, 2.05) is 7.05 Å². The van der Waals surface area contributed by atoms with Crippen LogP contribution in [0.4, 0.5) is 5.69 Å². The molecular formula is C15H18ClN3O. The Morgan fingerprint density at radius 2 is 2.05 bits per heavy atom. The van der Waals surface area contributed by atoms with Crippen molar-refractivity contribution in [3.63, 3.8) is 0 Å². The van der Waals surface area contributed by atoms with Crippen molar-refractivity contribution in [1.29, 1.82) is 0 Å². The van der Waals surface area contributed by atoms with Crippen LogP contribution in [0.2, 0.25) is 5.02 Å². The van der Waals surface area contributed by atoms with Gasteiger partial charge in [-0.1, -0.05) is 11.6 Å². The zero-order valence-electron chi connectivity index (χ0n) is 11.8. The van der Waals surface area contributed by atoms with Crippen molar-refractivity contribution in [3.8, 4) is 0 Å². The summed E-state index contributed by atoms with van der Waals surface area (Å²) in [4.78, 5) is 11.2. The first-order valence-corrected chi connectivity index (χ1v) is 6.73. The molecule has 3 N–H and O–H groups in total. The molecule has 0 bridgehead atoms. The molecule has 0 saturated carbocycles. The molecule has 1 amide bonds. The summed E-state index contributed by atoms with van der Waals surface area (Å²) >= 11 is 6.12. The maximum Gasteiger partial charge on any atom is 0.248 e. The lowest BCUT2D eigenvalue weighted by atomic mass is 10.2. The topological polar surface area (TPSA) is 60.0 Å². The Bertz CT molecular complexity index is 661. The first kappa shape index (κ1) is 14.5. The van der Waals surface area contributed by atoms with Crippen molar-refractivity contribution < 1.29 is 4.79 Å². The third kappa shape index (κ3) is 2.80. The number of hydrogen-bond donors (Lipinski definition) is 2. The maximum absolute atomic E-state index is 11.2. The Morgan fingerprint density at radius 1 is 1.35 bits per heavy atom. The number of anilines is 1. The van der Waals surface area contributed by atoms with E-state index in [4.69, 9.17) is 17.3 Å². The molecule has 1 aromatic carbocycles. The van der Waals surface area contributed by atoms with Gasteiger partial charge in [-0.05, 0) is 43.7 Å². The summed E-state index contributed by atoms with van der Waals surface area (Å²) in [5, 5.41) is 3.82. The van der Waals surface area contributed by atoms with Crippen molar-refractivity contribution in [1.82, 2.24) is 4.57 Å². The van der Waals surface area contributed by atoms with Gasteiger partial charge in [0.2, 0.25) is 5.91 Å². The van der Waals surface area contributed by atoms with Gasteiger partial charge in [-0.25, -0.2) is 0 Å². The summed E-state index contributed by atoms with van der Waals surface area (Å²) in [7, 11) is 2.04. The van der Waals surface area contributed by atoms with Crippen LogP contribution in [0.1, 0.15) is 27.3 Å². The second kappa shape index (κ2) is 5.59. The molecule has 0 fully saturated rings. The van der Waals surface area contributed by atoms with Crippen molar-refractivity contribution in [2.24, 2.45) is 12.8 Å². The van der Waals surface area contributed by atoms with Crippen LogP contribution in [-0.4, -0.2) is 10.5 Å². The molecule has 1 aromatic heterocycles. The fraction of sp³-hybridized carbons (Fsp3) is 0.267. The highest BCUT2D eigenvalue weighted by Gasteiger charge is 2.08. The van der Waals surface area contributed by atoms with Crippen LogP contribution in [0.5, 0.6) is 0 Å². The predicted octanol–water partition coefficient (Wildman–Crippen LogP) is 3.01. The first-order valence-electron chi connectivity index (χ1n) is 6.35. The van der Waals surface area contributed by atoms with E-state index in [-0.39, 0.29) is 0 Å². The Kier molecular flexibility index (Phi) is 4.04. The van der Waals surface area contributed by atoms with Crippen LogP contribution >= 0.6 is 11.6 Å². The highest BCUT2D eigenvalue weighted by Crippen LogP contribution is 2.24. The summed E-state index contributed by atoms with van der Waals surface area (Å²) < 4.78 is 2.14. The molecule has 0 radical (unpaired) electrons. The van der Waals surface area contributed by atoms with E-state index >= 15 is 0 Å². The van der Waals surface area contributed by atoms with Crippen LogP contribution in [0.3, 0.4) is 0 Å². The number of primary amides is 1. The zero-order valence-corrected chi connectivity index (χ0v) is 12.6. The van der Waals surface area contributed by atoms with Crippen molar-refractivity contribution in [2.75, 3.05) is 5.32 Å². The molecule has 4 nitrogen and oxygen atoms in total. The molecule has 2 rings (SSSR count). The molecule has 0 saturated heterocycles. The van der Waals surface area contributed by atoms with Gasteiger partial charge in [0.1, 0.15) is 0 Å². The fourth-order valence-electron chi connectivity index (χ4n) is 2.12. The molecule has 5 heteroatoms. The lowest BCUT2D eigenvalue weighted by molar-refractivity contribution is 0.100. The molecule has 106 valence electrons. The van der Waals surface area contributed by atoms with E-state index in [1.54, 1.807) is 18.2 Å². The second-order valence-corrected chi connectivity index (χ2v) is 5.28. The normalized spacial score (nSPS) is 10.6. The van der Waals surface area contributed by atoms with Gasteiger partial charge in [0.25, 0.3) is 0 Å². The average Bonchev–Trinajstić information content (AvgIpc) is 2.65. The van der Waals surface area contributed by atoms with Crippen LogP contribution in [-0.2, 0) is 13.6 Å². The largest absolute Gasteiger partial charge is 0.380 e. The summed E-state index contributed by atoms with van der Waals surface area (Å²) in [5.41, 5.74) is 10.0. The third-order valence-corrected chi connectivity index (χ3v) is 3.93. The fourth-order valence-corrected chi connectivity index (χ4v) is 2.30. The molecule has 0 atom stereocenters. The number of halogens is 1. The lowest BCUT2D eigenvalue weighted by Gasteiger charge is -2.10. The van der Waals surface area contributed by atoms with Crippen molar-refractivity contribution >= 4 is 23.2 Å². The number of benzene rings is 1. The number of rotatable bonds is 4. The summed E-state index contributed by atoms with van der Waals surface area (Å²) in [6.45, 7) is 4.79. The minimum Gasteiger partial charge on any atom is -0.380 e. The molecule has 20 heavy (non-hydrogen) atoms. The number of hydrogen-bond acceptors (Lipinski definition) is 2. The molecule has 0 aliphatic heterocycles. The van der Waals surface area contributed by atoms with Crippen LogP contribution < -0.4 is 11.1 Å². The molecule has 2 aromatic rings. The smallest absolute Gasteiger partial charge is 0.248 e. The van der Waals surface area contributed by atoms with E-state index < -0.39 is 5.91 Å². The van der Waals surface area contributed by atoms with Crippen molar-refractivity contribution in [3.05, 3.63) is 51.8 Å². The highest BCUT2D eigenvalue weighted by molar-refractivity contribution is 6.33. The maximum atomic E-state index is 11.2. The number of carbonyl (C=O) groups excluding carboxylic acids is 1. The number of nitrogens with one attached hydrogen (secondary N) is 1. The second-order valence-electron chi connectivity index (χ2n) is 4.87. The third-order valence-electron chi connectivity index (χ3n) is 3.60. The Morgan fingerprint density at radius 3 is 2.60 bits per heavy atom. The predicted molar refractivity (Wildman–Crippen MR) is 82.2 cm³/mol. The molecule has 0 unspecified atom stereocenters. The first-order chi connectivity index (χ1) is 9.40. The van der Waals surface area contributed by atoms with Gasteiger partial charge in [-0.3, -0.25) is 4.79 Å². The van der Waals surface area contributed by atoms with E-state index in [9.17, 15) is 4.79 Å². The summed E-state index contributed by atoms with van der Waals surface area (Å²) in [6.07, 6.45) is 0. The van der Waals surface area contributed by atoms with Gasteiger partial charge >= 0.3 is 0 Å². The van der Waals surface area contributed by atoms with E-state index in [0.29, 0.717) is 22.8 Å². The highest BCUT2D eigenvalue weighted by atomic mass is 35.5. The van der Waals surface area contributed by atoms with Crippen LogP contribution in [0.25, 0.3) is 0 Å². The van der Waals surface area contributed by atoms with E-state index in [0.717, 1.165) is 0 Å². The Balaban J connectivity index is 2.20. The van der Waals surface area contributed by atoms with Gasteiger partial charge in [-0.15, -0.1) is 0 Å². The van der Waals surface area contributed by atoms with Gasteiger partial charge in [0.05, 0.1) is 10.7 Å². The quantitative estimate of drug-likeness (QED) is 0.910. The standard InChI is InChI=1S/C15H18ClN3O/c1-9-6-12(10(2)19(9)3)8-18-14-7-11(15(17)20)4-5-13(14)16/h4-7,18H,8H2,1-3H3,(H2,17,20). The molecule has 1 heterocycles. The SMILES string of the molecule is Cc1cc(CNc2cc(C(N)=O)ccc2Cl)c(C)n1C. The monoisotopic (exact) mass is 291 g/mol. The van der Waals surface area contributed by atoms with Gasteiger partial charge < -0.3 is 15.6 Å². The molecular weight excluding hydrogens is 274 g/mol.